The summed E-state index contributed by atoms with van der Waals surface area (Å²) >= 11 is 0. The number of benzene rings is 5. The van der Waals surface area contributed by atoms with Crippen molar-refractivity contribution in [2.75, 3.05) is 0 Å². The molecule has 5 heterocycles. The van der Waals surface area contributed by atoms with Gasteiger partial charge < -0.3 is 4.74 Å². The Hall–Kier alpha value is -6.60. The quantitative estimate of drug-likeness (QED) is 0.187. The zero-order chi connectivity index (χ0) is 30.9. The lowest BCUT2D eigenvalue weighted by atomic mass is 9.90. The highest BCUT2D eigenvalue weighted by Gasteiger charge is 2.19. The standard InChI is InChI=1S/C40H24N6O/c1-3-7-25(8-4-1)29-15-16-32-30-13-11-27(23-33(30)38-43-19-21-45(38)37(32)35(29)26-9-5-2-6-10-26)47-28-12-14-31-34(24-28)39-44-20-22-46(39)40-36(31)41-17-18-42-40/h1-24H. The Morgan fingerprint density at radius 2 is 1.04 bits per heavy atom. The summed E-state index contributed by atoms with van der Waals surface area (Å²) in [6.45, 7) is 0. The first-order chi connectivity index (χ1) is 23.3. The average molecular weight is 605 g/mol. The van der Waals surface area contributed by atoms with Crippen LogP contribution in [0.3, 0.4) is 0 Å². The van der Waals surface area contributed by atoms with E-state index in [-0.39, 0.29) is 0 Å². The van der Waals surface area contributed by atoms with Gasteiger partial charge in [-0.15, -0.1) is 0 Å². The predicted octanol–water partition coefficient (Wildman–Crippen LogP) is 9.51. The number of imidazole rings is 2. The fourth-order valence-electron chi connectivity index (χ4n) is 6.99. The molecule has 10 aromatic rings. The lowest BCUT2D eigenvalue weighted by molar-refractivity contribution is 0.484. The summed E-state index contributed by atoms with van der Waals surface area (Å²) in [6.07, 6.45) is 11.0. The van der Waals surface area contributed by atoms with Gasteiger partial charge in [-0.25, -0.2) is 15.0 Å². The van der Waals surface area contributed by atoms with Gasteiger partial charge in [0.1, 0.15) is 28.3 Å². The second kappa shape index (κ2) is 9.95. The Labute approximate surface area is 268 Å². The van der Waals surface area contributed by atoms with Gasteiger partial charge in [0.2, 0.25) is 0 Å². The Kier molecular flexibility index (Phi) is 5.44. The highest BCUT2D eigenvalue weighted by atomic mass is 16.5. The molecule has 7 heteroatoms. The molecule has 0 unspecified atom stereocenters. The zero-order valence-electron chi connectivity index (χ0n) is 24.9. The van der Waals surface area contributed by atoms with Gasteiger partial charge in [0.25, 0.3) is 0 Å². The highest BCUT2D eigenvalue weighted by molar-refractivity contribution is 6.17. The van der Waals surface area contributed by atoms with Crippen LogP contribution in [-0.4, -0.2) is 28.7 Å². The van der Waals surface area contributed by atoms with Gasteiger partial charge >= 0.3 is 0 Å². The number of aromatic nitrogens is 6. The van der Waals surface area contributed by atoms with E-state index in [1.807, 2.05) is 41.1 Å². The molecule has 5 aromatic heterocycles. The first kappa shape index (κ1) is 25.7. The van der Waals surface area contributed by atoms with Crippen molar-refractivity contribution in [3.63, 3.8) is 0 Å². The van der Waals surface area contributed by atoms with Crippen LogP contribution in [0.15, 0.2) is 146 Å². The van der Waals surface area contributed by atoms with E-state index < -0.39 is 0 Å². The molecule has 0 aliphatic rings. The van der Waals surface area contributed by atoms with Crippen molar-refractivity contribution >= 4 is 54.9 Å². The average Bonchev–Trinajstić information content (AvgIpc) is 3.84. The third kappa shape index (κ3) is 3.87. The molecule has 220 valence electrons. The van der Waals surface area contributed by atoms with E-state index in [4.69, 9.17) is 9.72 Å². The maximum Gasteiger partial charge on any atom is 0.165 e. The number of nitrogens with zero attached hydrogens (tertiary/aromatic N) is 6. The summed E-state index contributed by atoms with van der Waals surface area (Å²) in [5.74, 6) is 1.44. The summed E-state index contributed by atoms with van der Waals surface area (Å²) in [5.41, 5.74) is 9.11. The minimum Gasteiger partial charge on any atom is -0.457 e. The molecule has 0 saturated heterocycles. The van der Waals surface area contributed by atoms with E-state index in [1.165, 1.54) is 16.7 Å². The lowest BCUT2D eigenvalue weighted by Crippen LogP contribution is -1.97. The number of hydrogen-bond acceptors (Lipinski definition) is 5. The SMILES string of the molecule is c1ccc(-c2ccc3c4ccc(Oc5ccc6c(c5)c5nccn5c5nccnc65)cc4c4nccn4c3c2-c2ccccc2)cc1. The first-order valence-electron chi connectivity index (χ1n) is 15.5. The maximum absolute atomic E-state index is 6.53. The summed E-state index contributed by atoms with van der Waals surface area (Å²) in [6, 6.07) is 38.0. The first-order valence-corrected chi connectivity index (χ1v) is 15.5. The minimum atomic E-state index is 0.712. The third-order valence-corrected chi connectivity index (χ3v) is 9.00. The van der Waals surface area contributed by atoms with E-state index in [0.29, 0.717) is 5.75 Å². The molecule has 0 fully saturated rings. The van der Waals surface area contributed by atoms with Crippen molar-refractivity contribution in [2.45, 2.75) is 0 Å². The van der Waals surface area contributed by atoms with Crippen LogP contribution >= 0.6 is 0 Å². The Morgan fingerprint density at radius 1 is 0.447 bits per heavy atom. The molecule has 47 heavy (non-hydrogen) atoms. The summed E-state index contributed by atoms with van der Waals surface area (Å²) in [7, 11) is 0. The molecule has 0 radical (unpaired) electrons. The second-order valence-corrected chi connectivity index (χ2v) is 11.6. The predicted molar refractivity (Wildman–Crippen MR) is 187 cm³/mol. The fraction of sp³-hybridized carbons (Fsp3) is 0. The van der Waals surface area contributed by atoms with Crippen LogP contribution in [0.5, 0.6) is 11.5 Å². The summed E-state index contributed by atoms with van der Waals surface area (Å²) < 4.78 is 10.7. The van der Waals surface area contributed by atoms with Crippen LogP contribution in [-0.2, 0) is 0 Å². The van der Waals surface area contributed by atoms with E-state index >= 15 is 0 Å². The molecule has 0 spiro atoms. The van der Waals surface area contributed by atoms with Gasteiger partial charge in [-0.05, 0) is 58.5 Å². The summed E-state index contributed by atoms with van der Waals surface area (Å²) in [4.78, 5) is 18.7. The van der Waals surface area contributed by atoms with Crippen molar-refractivity contribution in [3.05, 3.63) is 146 Å². The number of rotatable bonds is 4. The molecule has 0 aliphatic carbocycles. The highest BCUT2D eigenvalue weighted by Crippen LogP contribution is 2.42. The van der Waals surface area contributed by atoms with Gasteiger partial charge in [-0.3, -0.25) is 13.8 Å². The van der Waals surface area contributed by atoms with E-state index in [1.54, 1.807) is 18.6 Å². The van der Waals surface area contributed by atoms with Crippen molar-refractivity contribution in [2.24, 2.45) is 0 Å². The normalized spacial score (nSPS) is 11.8. The molecular weight excluding hydrogens is 580 g/mol. The smallest absolute Gasteiger partial charge is 0.165 e. The molecule has 0 bridgehead atoms. The van der Waals surface area contributed by atoms with Gasteiger partial charge in [-0.1, -0.05) is 72.8 Å². The Bertz CT molecular complexity index is 2820. The van der Waals surface area contributed by atoms with Crippen LogP contribution in [0.25, 0.3) is 77.2 Å². The topological polar surface area (TPSA) is 69.6 Å². The third-order valence-electron chi connectivity index (χ3n) is 9.00. The van der Waals surface area contributed by atoms with Crippen LogP contribution in [0.2, 0.25) is 0 Å². The van der Waals surface area contributed by atoms with Crippen molar-refractivity contribution in [3.8, 4) is 33.8 Å². The van der Waals surface area contributed by atoms with Gasteiger partial charge in [0.05, 0.1) is 5.52 Å². The largest absolute Gasteiger partial charge is 0.457 e. The van der Waals surface area contributed by atoms with E-state index in [0.717, 1.165) is 66.2 Å². The van der Waals surface area contributed by atoms with Crippen molar-refractivity contribution < 1.29 is 4.74 Å². The Morgan fingerprint density at radius 3 is 1.81 bits per heavy atom. The monoisotopic (exact) mass is 604 g/mol. The molecule has 0 atom stereocenters. The van der Waals surface area contributed by atoms with Gasteiger partial charge in [0.15, 0.2) is 5.65 Å². The van der Waals surface area contributed by atoms with Crippen molar-refractivity contribution in [1.82, 2.24) is 28.7 Å². The second-order valence-electron chi connectivity index (χ2n) is 11.6. The molecule has 5 aromatic carbocycles. The summed E-state index contributed by atoms with van der Waals surface area (Å²) in [5, 5.41) is 5.21. The molecule has 0 amide bonds. The number of pyridine rings is 2. The fourth-order valence-corrected chi connectivity index (χ4v) is 6.99. The molecule has 0 N–H and O–H groups in total. The number of ether oxygens (including phenoxy) is 1. The minimum absolute atomic E-state index is 0.712. The van der Waals surface area contributed by atoms with Crippen molar-refractivity contribution in [1.29, 1.82) is 0 Å². The van der Waals surface area contributed by atoms with E-state index in [9.17, 15) is 0 Å². The maximum atomic E-state index is 6.53. The molecular formula is C40H24N6O. The van der Waals surface area contributed by atoms with Gasteiger partial charge in [-0.2, -0.15) is 0 Å². The van der Waals surface area contributed by atoms with Crippen LogP contribution in [0.1, 0.15) is 0 Å². The Balaban J connectivity index is 1.16. The van der Waals surface area contributed by atoms with E-state index in [2.05, 4.69) is 110 Å². The number of hydrogen-bond donors (Lipinski definition) is 0. The van der Waals surface area contributed by atoms with Crippen LogP contribution in [0, 0.1) is 0 Å². The molecule has 0 aliphatic heterocycles. The number of fused-ring (bicyclic) bond motifs is 12. The van der Waals surface area contributed by atoms with Crippen LogP contribution < -0.4 is 4.74 Å². The lowest BCUT2D eigenvalue weighted by Gasteiger charge is -2.18. The zero-order valence-corrected chi connectivity index (χ0v) is 24.9. The molecule has 0 saturated carbocycles. The molecule has 10 rings (SSSR count). The van der Waals surface area contributed by atoms with Gasteiger partial charge in [0, 0.05) is 64.3 Å². The molecule has 7 nitrogen and oxygen atoms in total. The van der Waals surface area contributed by atoms with Crippen LogP contribution in [0.4, 0.5) is 0 Å².